The van der Waals surface area contributed by atoms with Gasteiger partial charge in [0.1, 0.15) is 0 Å². The second-order valence-electron chi connectivity index (χ2n) is 3.91. The summed E-state index contributed by atoms with van der Waals surface area (Å²) in [6.45, 7) is 3.21. The second-order valence-corrected chi connectivity index (χ2v) is 3.91. The Morgan fingerprint density at radius 2 is 2.17 bits per heavy atom. The Bertz CT molecular complexity index is 123. The average molecular weight is 171 g/mol. The summed E-state index contributed by atoms with van der Waals surface area (Å²) in [6, 6.07) is 0.722. The van der Waals surface area contributed by atoms with E-state index in [-0.39, 0.29) is 0 Å². The molecule has 1 fully saturated rings. The van der Waals surface area contributed by atoms with Crippen LogP contribution in [0, 0.1) is 11.8 Å². The predicted octanol–water partition coefficient (Wildman–Crippen LogP) is 1.66. The van der Waals surface area contributed by atoms with Crippen LogP contribution in [0.1, 0.15) is 26.2 Å². The fourth-order valence-electron chi connectivity index (χ4n) is 1.92. The van der Waals surface area contributed by atoms with E-state index in [2.05, 4.69) is 19.3 Å². The lowest BCUT2D eigenvalue weighted by molar-refractivity contribution is 0.168. The Morgan fingerprint density at radius 3 is 2.58 bits per heavy atom. The van der Waals surface area contributed by atoms with Gasteiger partial charge >= 0.3 is 0 Å². The fourth-order valence-corrected chi connectivity index (χ4v) is 1.92. The quantitative estimate of drug-likeness (QED) is 0.656. The van der Waals surface area contributed by atoms with E-state index in [1.54, 1.807) is 7.11 Å². The van der Waals surface area contributed by atoms with Crippen LogP contribution in [0.15, 0.2) is 0 Å². The number of ether oxygens (including phenoxy) is 1. The van der Waals surface area contributed by atoms with E-state index in [9.17, 15) is 0 Å². The smallest absolute Gasteiger partial charge is 0.0465 e. The average Bonchev–Trinajstić information content (AvgIpc) is 2.86. The van der Waals surface area contributed by atoms with Gasteiger partial charge in [-0.15, -0.1) is 0 Å². The molecular formula is C10H21NO. The minimum absolute atomic E-state index is 0.722. The van der Waals surface area contributed by atoms with Gasteiger partial charge in [0.05, 0.1) is 0 Å². The van der Waals surface area contributed by atoms with Crippen LogP contribution in [0.3, 0.4) is 0 Å². The Balaban J connectivity index is 2.21. The van der Waals surface area contributed by atoms with E-state index < -0.39 is 0 Å². The third kappa shape index (κ3) is 2.76. The van der Waals surface area contributed by atoms with Crippen molar-refractivity contribution < 1.29 is 4.74 Å². The Kier molecular flexibility index (Phi) is 4.02. The highest BCUT2D eigenvalue weighted by Gasteiger charge is 2.33. The first-order valence-corrected chi connectivity index (χ1v) is 4.95. The molecule has 2 nitrogen and oxygen atoms in total. The first kappa shape index (κ1) is 10.0. The number of hydrogen-bond acceptors (Lipinski definition) is 2. The summed E-state index contributed by atoms with van der Waals surface area (Å²) in [4.78, 5) is 0. The van der Waals surface area contributed by atoms with Crippen molar-refractivity contribution in [3.8, 4) is 0 Å². The molecule has 1 saturated carbocycles. The predicted molar refractivity (Wildman–Crippen MR) is 51.2 cm³/mol. The summed E-state index contributed by atoms with van der Waals surface area (Å²) in [6.07, 6.45) is 4.02. The van der Waals surface area contributed by atoms with Gasteiger partial charge < -0.3 is 10.1 Å². The summed E-state index contributed by atoms with van der Waals surface area (Å²) in [7, 11) is 3.85. The number of methoxy groups -OCH3 is 1. The molecule has 0 amide bonds. The molecule has 2 unspecified atom stereocenters. The summed E-state index contributed by atoms with van der Waals surface area (Å²) >= 11 is 0. The van der Waals surface area contributed by atoms with E-state index in [4.69, 9.17) is 4.74 Å². The molecule has 0 aromatic carbocycles. The van der Waals surface area contributed by atoms with Crippen molar-refractivity contribution in [2.75, 3.05) is 20.8 Å². The van der Waals surface area contributed by atoms with Crippen LogP contribution in [0.2, 0.25) is 0 Å². The van der Waals surface area contributed by atoms with Crippen molar-refractivity contribution in [2.45, 2.75) is 32.2 Å². The maximum Gasteiger partial charge on any atom is 0.0465 e. The first-order valence-electron chi connectivity index (χ1n) is 4.95. The molecule has 0 saturated heterocycles. The molecule has 0 heterocycles. The second kappa shape index (κ2) is 4.83. The molecule has 2 heteroatoms. The van der Waals surface area contributed by atoms with E-state index >= 15 is 0 Å². The van der Waals surface area contributed by atoms with Gasteiger partial charge in [-0.05, 0) is 38.1 Å². The van der Waals surface area contributed by atoms with E-state index in [1.807, 2.05) is 0 Å². The summed E-state index contributed by atoms with van der Waals surface area (Å²) < 4.78 is 5.08. The van der Waals surface area contributed by atoms with Crippen LogP contribution in [-0.2, 0) is 4.74 Å². The normalized spacial score (nSPS) is 22.2. The third-order valence-electron chi connectivity index (χ3n) is 2.85. The lowest BCUT2D eigenvalue weighted by atomic mass is 9.95. The molecule has 2 atom stereocenters. The van der Waals surface area contributed by atoms with Crippen molar-refractivity contribution >= 4 is 0 Å². The van der Waals surface area contributed by atoms with Gasteiger partial charge in [0, 0.05) is 19.8 Å². The van der Waals surface area contributed by atoms with Gasteiger partial charge in [-0.2, -0.15) is 0 Å². The minimum Gasteiger partial charge on any atom is -0.385 e. The van der Waals surface area contributed by atoms with Crippen LogP contribution in [0.5, 0.6) is 0 Å². The van der Waals surface area contributed by atoms with E-state index in [0.29, 0.717) is 0 Å². The van der Waals surface area contributed by atoms with Crippen molar-refractivity contribution in [1.82, 2.24) is 5.32 Å². The standard InChI is InChI=1S/C10H21NO/c1-8(6-7-12-3)10(11-2)9-4-5-9/h8-11H,4-7H2,1-3H3. The highest BCUT2D eigenvalue weighted by Crippen LogP contribution is 2.36. The molecule has 1 N–H and O–H groups in total. The zero-order valence-corrected chi connectivity index (χ0v) is 8.47. The molecule has 0 spiro atoms. The lowest BCUT2D eigenvalue weighted by Gasteiger charge is -2.22. The summed E-state index contributed by atoms with van der Waals surface area (Å²) in [5, 5.41) is 3.42. The maximum absolute atomic E-state index is 5.08. The summed E-state index contributed by atoms with van der Waals surface area (Å²) in [5.74, 6) is 1.70. The molecule has 1 rings (SSSR count). The SMILES string of the molecule is CNC(C(C)CCOC)C1CC1. The molecule has 0 bridgehead atoms. The molecule has 1 aliphatic carbocycles. The topological polar surface area (TPSA) is 21.3 Å². The van der Waals surface area contributed by atoms with Gasteiger partial charge in [0.15, 0.2) is 0 Å². The largest absolute Gasteiger partial charge is 0.385 e. The molecule has 72 valence electrons. The van der Waals surface area contributed by atoms with Crippen LogP contribution in [-0.4, -0.2) is 26.8 Å². The zero-order valence-electron chi connectivity index (χ0n) is 8.47. The lowest BCUT2D eigenvalue weighted by Crippen LogP contribution is -2.34. The van der Waals surface area contributed by atoms with Crippen LogP contribution < -0.4 is 5.32 Å². The highest BCUT2D eigenvalue weighted by atomic mass is 16.5. The third-order valence-corrected chi connectivity index (χ3v) is 2.85. The van der Waals surface area contributed by atoms with Crippen LogP contribution in [0.25, 0.3) is 0 Å². The van der Waals surface area contributed by atoms with Crippen LogP contribution >= 0.6 is 0 Å². The fraction of sp³-hybridized carbons (Fsp3) is 1.00. The number of nitrogens with one attached hydrogen (secondary N) is 1. The molecule has 0 aromatic rings. The van der Waals surface area contributed by atoms with E-state index in [1.165, 1.54) is 19.3 Å². The molecule has 0 aromatic heterocycles. The minimum atomic E-state index is 0.722. The van der Waals surface area contributed by atoms with Crippen molar-refractivity contribution in [1.29, 1.82) is 0 Å². The molecule has 1 aliphatic rings. The zero-order chi connectivity index (χ0) is 8.97. The van der Waals surface area contributed by atoms with Crippen molar-refractivity contribution in [3.05, 3.63) is 0 Å². The van der Waals surface area contributed by atoms with Gasteiger partial charge in [-0.3, -0.25) is 0 Å². The Morgan fingerprint density at radius 1 is 1.50 bits per heavy atom. The van der Waals surface area contributed by atoms with Crippen molar-refractivity contribution in [2.24, 2.45) is 11.8 Å². The molecular weight excluding hydrogens is 150 g/mol. The van der Waals surface area contributed by atoms with Crippen molar-refractivity contribution in [3.63, 3.8) is 0 Å². The van der Waals surface area contributed by atoms with E-state index in [0.717, 1.165) is 24.5 Å². The number of rotatable bonds is 6. The molecule has 0 aliphatic heterocycles. The van der Waals surface area contributed by atoms with Gasteiger partial charge in [-0.1, -0.05) is 6.92 Å². The van der Waals surface area contributed by atoms with Crippen LogP contribution in [0.4, 0.5) is 0 Å². The van der Waals surface area contributed by atoms with Gasteiger partial charge in [0.2, 0.25) is 0 Å². The van der Waals surface area contributed by atoms with Gasteiger partial charge in [-0.25, -0.2) is 0 Å². The monoisotopic (exact) mass is 171 g/mol. The molecule has 0 radical (unpaired) electrons. The molecule has 12 heavy (non-hydrogen) atoms. The maximum atomic E-state index is 5.08. The number of hydrogen-bond donors (Lipinski definition) is 1. The first-order chi connectivity index (χ1) is 5.79. The summed E-state index contributed by atoms with van der Waals surface area (Å²) in [5.41, 5.74) is 0. The van der Waals surface area contributed by atoms with Gasteiger partial charge in [0.25, 0.3) is 0 Å². The Labute approximate surface area is 75.7 Å². The Hall–Kier alpha value is -0.0800. The highest BCUT2D eigenvalue weighted by molar-refractivity contribution is 4.88.